The summed E-state index contributed by atoms with van der Waals surface area (Å²) in [5, 5.41) is 2.80. The number of halogens is 1. The average Bonchev–Trinajstić information content (AvgIpc) is 2.92. The van der Waals surface area contributed by atoms with E-state index in [0.717, 1.165) is 5.56 Å². The molecule has 0 aromatic heterocycles. The Labute approximate surface area is 140 Å². The molecular weight excluding hydrogens is 307 g/mol. The molecule has 5 heteroatoms. The van der Waals surface area contributed by atoms with E-state index in [-0.39, 0.29) is 30.0 Å². The smallest absolute Gasteiger partial charge is 0.229 e. The van der Waals surface area contributed by atoms with Gasteiger partial charge >= 0.3 is 0 Å². The minimum Gasteiger partial charge on any atom is -0.338 e. The van der Waals surface area contributed by atoms with E-state index in [1.807, 2.05) is 30.3 Å². The van der Waals surface area contributed by atoms with Crippen molar-refractivity contribution in [3.8, 4) is 0 Å². The van der Waals surface area contributed by atoms with E-state index in [0.29, 0.717) is 24.3 Å². The van der Waals surface area contributed by atoms with Gasteiger partial charge in [-0.15, -0.1) is 0 Å². The highest BCUT2D eigenvalue weighted by molar-refractivity contribution is 5.97. The van der Waals surface area contributed by atoms with Gasteiger partial charge in [0.25, 0.3) is 0 Å². The van der Waals surface area contributed by atoms with E-state index >= 15 is 0 Å². The first-order chi connectivity index (χ1) is 11.5. The Hall–Kier alpha value is -2.69. The van der Waals surface area contributed by atoms with Crippen LogP contribution in [0.1, 0.15) is 17.5 Å². The Balaban J connectivity index is 1.63. The number of amides is 2. The predicted octanol–water partition coefficient (Wildman–Crippen LogP) is 3.12. The van der Waals surface area contributed by atoms with E-state index in [4.69, 9.17) is 0 Å². The normalized spacial score (nSPS) is 17.2. The minimum atomic E-state index is -0.384. The van der Waals surface area contributed by atoms with Gasteiger partial charge in [-0.05, 0) is 36.2 Å². The van der Waals surface area contributed by atoms with Gasteiger partial charge in [-0.1, -0.05) is 30.3 Å². The van der Waals surface area contributed by atoms with Crippen LogP contribution in [0.2, 0.25) is 0 Å². The van der Waals surface area contributed by atoms with Crippen LogP contribution in [0.5, 0.6) is 0 Å². The van der Waals surface area contributed by atoms with Gasteiger partial charge in [0.2, 0.25) is 11.8 Å². The van der Waals surface area contributed by atoms with Crippen LogP contribution in [0, 0.1) is 18.7 Å². The third kappa shape index (κ3) is 3.62. The Bertz CT molecular complexity index is 761. The molecule has 1 aliphatic heterocycles. The van der Waals surface area contributed by atoms with E-state index in [1.165, 1.54) is 12.1 Å². The Morgan fingerprint density at radius 2 is 2.00 bits per heavy atom. The molecule has 2 aromatic rings. The molecule has 2 aromatic carbocycles. The number of anilines is 1. The van der Waals surface area contributed by atoms with Crippen molar-refractivity contribution in [3.63, 3.8) is 0 Å². The molecule has 0 bridgehead atoms. The molecule has 124 valence electrons. The van der Waals surface area contributed by atoms with Gasteiger partial charge in [0.15, 0.2) is 0 Å². The lowest BCUT2D eigenvalue weighted by molar-refractivity contribution is -0.128. The van der Waals surface area contributed by atoms with Crippen molar-refractivity contribution in [1.82, 2.24) is 4.90 Å². The number of aryl methyl sites for hydroxylation is 1. The standard InChI is InChI=1S/C19H19FN2O2/c1-13-9-16(20)7-8-17(13)21-19(24)15-10-18(23)22(12-15)11-14-5-3-2-4-6-14/h2-9,15H,10-12H2,1H3,(H,21,24)/t15-/m0/s1. The van der Waals surface area contributed by atoms with Gasteiger partial charge in [-0.25, -0.2) is 4.39 Å². The highest BCUT2D eigenvalue weighted by Gasteiger charge is 2.34. The van der Waals surface area contributed by atoms with Gasteiger partial charge in [0.1, 0.15) is 5.82 Å². The van der Waals surface area contributed by atoms with Gasteiger partial charge < -0.3 is 10.2 Å². The third-order valence-electron chi connectivity index (χ3n) is 4.25. The lowest BCUT2D eigenvalue weighted by Crippen LogP contribution is -2.28. The maximum Gasteiger partial charge on any atom is 0.229 e. The summed E-state index contributed by atoms with van der Waals surface area (Å²) in [6.45, 7) is 2.65. The first-order valence-electron chi connectivity index (χ1n) is 7.91. The summed E-state index contributed by atoms with van der Waals surface area (Å²) in [6, 6.07) is 13.9. The second-order valence-corrected chi connectivity index (χ2v) is 6.11. The zero-order valence-corrected chi connectivity index (χ0v) is 13.5. The molecule has 0 radical (unpaired) electrons. The molecule has 3 rings (SSSR count). The number of nitrogens with zero attached hydrogens (tertiary/aromatic N) is 1. The summed E-state index contributed by atoms with van der Waals surface area (Å²) in [6.07, 6.45) is 0.207. The van der Waals surface area contributed by atoms with Crippen molar-refractivity contribution in [3.05, 3.63) is 65.5 Å². The van der Waals surface area contributed by atoms with E-state index in [9.17, 15) is 14.0 Å². The Morgan fingerprint density at radius 3 is 2.71 bits per heavy atom. The van der Waals surface area contributed by atoms with Crippen molar-refractivity contribution >= 4 is 17.5 Å². The highest BCUT2D eigenvalue weighted by Crippen LogP contribution is 2.23. The molecule has 4 nitrogen and oxygen atoms in total. The van der Waals surface area contributed by atoms with E-state index in [1.54, 1.807) is 17.9 Å². The van der Waals surface area contributed by atoms with Crippen LogP contribution in [-0.4, -0.2) is 23.3 Å². The number of rotatable bonds is 4. The van der Waals surface area contributed by atoms with Crippen molar-refractivity contribution < 1.29 is 14.0 Å². The van der Waals surface area contributed by atoms with E-state index in [2.05, 4.69) is 5.32 Å². The molecule has 1 fully saturated rings. The molecule has 1 atom stereocenters. The van der Waals surface area contributed by atoms with Crippen LogP contribution in [-0.2, 0) is 16.1 Å². The maximum absolute atomic E-state index is 13.1. The topological polar surface area (TPSA) is 49.4 Å². The fourth-order valence-corrected chi connectivity index (χ4v) is 2.91. The van der Waals surface area contributed by atoms with Crippen LogP contribution in [0.25, 0.3) is 0 Å². The molecule has 24 heavy (non-hydrogen) atoms. The van der Waals surface area contributed by atoms with E-state index < -0.39 is 0 Å². The fraction of sp³-hybridized carbons (Fsp3) is 0.263. The summed E-state index contributed by atoms with van der Waals surface area (Å²) in [5.74, 6) is -0.940. The van der Waals surface area contributed by atoms with Gasteiger partial charge in [0, 0.05) is 25.2 Å². The minimum absolute atomic E-state index is 0.0187. The number of hydrogen-bond donors (Lipinski definition) is 1. The van der Waals surface area contributed by atoms with Crippen LogP contribution in [0.3, 0.4) is 0 Å². The molecule has 2 amide bonds. The highest BCUT2D eigenvalue weighted by atomic mass is 19.1. The summed E-state index contributed by atoms with van der Waals surface area (Å²) in [4.78, 5) is 26.3. The second kappa shape index (κ2) is 6.83. The van der Waals surface area contributed by atoms with Crippen LogP contribution in [0.15, 0.2) is 48.5 Å². The third-order valence-corrected chi connectivity index (χ3v) is 4.25. The summed E-state index contributed by atoms with van der Waals surface area (Å²) in [7, 11) is 0. The van der Waals surface area contributed by atoms with Gasteiger partial charge in [-0.2, -0.15) is 0 Å². The van der Waals surface area contributed by atoms with Crippen molar-refractivity contribution in [1.29, 1.82) is 0 Å². The zero-order chi connectivity index (χ0) is 17.1. The average molecular weight is 326 g/mol. The molecule has 1 aliphatic rings. The van der Waals surface area contributed by atoms with Gasteiger partial charge in [0.05, 0.1) is 5.92 Å². The molecule has 0 unspecified atom stereocenters. The number of hydrogen-bond acceptors (Lipinski definition) is 2. The number of likely N-dealkylation sites (tertiary alicyclic amines) is 1. The quantitative estimate of drug-likeness (QED) is 0.938. The molecule has 0 aliphatic carbocycles. The SMILES string of the molecule is Cc1cc(F)ccc1NC(=O)[C@H]1CC(=O)N(Cc2ccccc2)C1. The Kier molecular flexibility index (Phi) is 4.60. The van der Waals surface area contributed by atoms with Crippen molar-refractivity contribution in [2.75, 3.05) is 11.9 Å². The van der Waals surface area contributed by atoms with Crippen molar-refractivity contribution in [2.24, 2.45) is 5.92 Å². The van der Waals surface area contributed by atoms with Crippen LogP contribution >= 0.6 is 0 Å². The summed E-state index contributed by atoms with van der Waals surface area (Å²) in [5.41, 5.74) is 2.28. The van der Waals surface area contributed by atoms with Crippen molar-refractivity contribution in [2.45, 2.75) is 19.9 Å². The molecule has 0 saturated carbocycles. The number of carbonyl (C=O) groups is 2. The number of carbonyl (C=O) groups excluding carboxylic acids is 2. The summed E-state index contributed by atoms with van der Waals surface area (Å²) >= 11 is 0. The number of benzene rings is 2. The molecular formula is C19H19FN2O2. The first kappa shape index (κ1) is 16.2. The maximum atomic E-state index is 13.1. The zero-order valence-electron chi connectivity index (χ0n) is 13.5. The molecule has 1 N–H and O–H groups in total. The lowest BCUT2D eigenvalue weighted by atomic mass is 10.1. The predicted molar refractivity (Wildman–Crippen MR) is 89.7 cm³/mol. The summed E-state index contributed by atoms with van der Waals surface area (Å²) < 4.78 is 13.1. The molecule has 1 saturated heterocycles. The molecule has 0 spiro atoms. The largest absolute Gasteiger partial charge is 0.338 e. The molecule has 1 heterocycles. The first-order valence-corrected chi connectivity index (χ1v) is 7.91. The van der Waals surface area contributed by atoms with Gasteiger partial charge in [-0.3, -0.25) is 9.59 Å². The second-order valence-electron chi connectivity index (χ2n) is 6.11. The fourth-order valence-electron chi connectivity index (χ4n) is 2.91. The monoisotopic (exact) mass is 326 g/mol. The van der Waals surface area contributed by atoms with Crippen LogP contribution < -0.4 is 5.32 Å². The van der Waals surface area contributed by atoms with Crippen LogP contribution in [0.4, 0.5) is 10.1 Å². The Morgan fingerprint density at radius 1 is 1.25 bits per heavy atom. The number of nitrogens with one attached hydrogen (secondary N) is 1. The lowest BCUT2D eigenvalue weighted by Gasteiger charge is -2.17.